The number of fused-ring (bicyclic) bond motifs is 1. The maximum Gasteiger partial charge on any atom is 0.410 e. The van der Waals surface area contributed by atoms with E-state index in [-0.39, 0.29) is 24.3 Å². The Morgan fingerprint density at radius 2 is 2.14 bits per heavy atom. The summed E-state index contributed by atoms with van der Waals surface area (Å²) in [6.45, 7) is 4.79. The number of cyclic esters (lactones) is 1. The highest BCUT2D eigenvalue weighted by Crippen LogP contribution is 2.32. The zero-order valence-corrected chi connectivity index (χ0v) is 12.1. The molecular weight excluding hydrogens is 266 g/mol. The van der Waals surface area contributed by atoms with E-state index in [0.29, 0.717) is 13.2 Å². The van der Waals surface area contributed by atoms with Crippen LogP contribution in [-0.2, 0) is 16.1 Å². The molecule has 0 N–H and O–H groups in total. The Labute approximate surface area is 125 Å². The Morgan fingerprint density at radius 1 is 1.33 bits per heavy atom. The Morgan fingerprint density at radius 3 is 2.90 bits per heavy atom. The number of carbonyl (C=O) groups excluding carboxylic acids is 1. The van der Waals surface area contributed by atoms with Crippen LogP contribution in [0, 0.1) is 0 Å². The van der Waals surface area contributed by atoms with Crippen molar-refractivity contribution in [1.29, 1.82) is 0 Å². The van der Waals surface area contributed by atoms with E-state index in [1.807, 2.05) is 29.2 Å². The van der Waals surface area contributed by atoms with Gasteiger partial charge in [-0.05, 0) is 24.8 Å². The van der Waals surface area contributed by atoms with Crippen molar-refractivity contribution in [2.75, 3.05) is 6.61 Å². The molecule has 1 aromatic carbocycles. The van der Waals surface area contributed by atoms with E-state index in [2.05, 4.69) is 18.7 Å². The minimum Gasteiger partial charge on any atom is -0.447 e. The fourth-order valence-electron chi connectivity index (χ4n) is 3.24. The summed E-state index contributed by atoms with van der Waals surface area (Å²) in [6.07, 6.45) is 4.44. The molecule has 0 saturated carbocycles. The van der Waals surface area contributed by atoms with Crippen LogP contribution >= 0.6 is 0 Å². The molecule has 0 unspecified atom stereocenters. The molecule has 2 aliphatic rings. The molecule has 4 nitrogen and oxygen atoms in total. The number of carbonyl (C=O) groups is 1. The van der Waals surface area contributed by atoms with Gasteiger partial charge in [-0.15, -0.1) is 6.58 Å². The van der Waals surface area contributed by atoms with Crippen molar-refractivity contribution < 1.29 is 14.3 Å². The van der Waals surface area contributed by atoms with Crippen LogP contribution in [-0.4, -0.2) is 35.8 Å². The number of hydrogen-bond donors (Lipinski definition) is 0. The average Bonchev–Trinajstić information content (AvgIpc) is 2.90. The van der Waals surface area contributed by atoms with Gasteiger partial charge in [0.1, 0.15) is 6.61 Å². The number of amides is 1. The molecule has 4 heteroatoms. The zero-order chi connectivity index (χ0) is 14.7. The van der Waals surface area contributed by atoms with Crippen LogP contribution in [0.15, 0.2) is 43.0 Å². The number of benzene rings is 1. The Balaban J connectivity index is 1.65. The number of rotatable bonds is 5. The molecule has 2 fully saturated rings. The molecule has 0 aromatic heterocycles. The Hall–Kier alpha value is -1.81. The van der Waals surface area contributed by atoms with Crippen molar-refractivity contribution in [3.63, 3.8) is 0 Å². The molecule has 3 rings (SSSR count). The summed E-state index contributed by atoms with van der Waals surface area (Å²) in [5, 5.41) is 0. The fourth-order valence-corrected chi connectivity index (χ4v) is 3.24. The van der Waals surface area contributed by atoms with Gasteiger partial charge in [0.05, 0.1) is 18.8 Å². The van der Waals surface area contributed by atoms with Crippen LogP contribution in [0.3, 0.4) is 0 Å². The van der Waals surface area contributed by atoms with Crippen molar-refractivity contribution in [2.45, 2.75) is 44.1 Å². The smallest absolute Gasteiger partial charge is 0.410 e. The highest BCUT2D eigenvalue weighted by atomic mass is 16.6. The predicted molar refractivity (Wildman–Crippen MR) is 79.8 cm³/mol. The number of ether oxygens (including phenoxy) is 2. The van der Waals surface area contributed by atoms with Crippen LogP contribution in [0.4, 0.5) is 4.79 Å². The van der Waals surface area contributed by atoms with Crippen LogP contribution in [0.2, 0.25) is 0 Å². The highest BCUT2D eigenvalue weighted by molar-refractivity contribution is 5.71. The maximum absolute atomic E-state index is 11.9. The van der Waals surface area contributed by atoms with E-state index in [4.69, 9.17) is 9.47 Å². The Kier molecular flexibility index (Phi) is 4.25. The first kappa shape index (κ1) is 14.1. The van der Waals surface area contributed by atoms with Crippen molar-refractivity contribution in [1.82, 2.24) is 4.90 Å². The molecule has 1 aromatic rings. The first-order valence-corrected chi connectivity index (χ1v) is 7.51. The summed E-state index contributed by atoms with van der Waals surface area (Å²) in [7, 11) is 0. The number of piperidine rings is 1. The third-order valence-corrected chi connectivity index (χ3v) is 4.30. The summed E-state index contributed by atoms with van der Waals surface area (Å²) in [4.78, 5) is 13.8. The van der Waals surface area contributed by atoms with E-state index in [0.717, 1.165) is 24.8 Å². The normalized spacial score (nSPS) is 28.1. The Bertz CT molecular complexity index is 502. The van der Waals surface area contributed by atoms with Crippen LogP contribution in [0.5, 0.6) is 0 Å². The fraction of sp³-hybridized carbons (Fsp3) is 0.471. The minimum absolute atomic E-state index is 0.0416. The first-order valence-electron chi connectivity index (χ1n) is 7.51. The van der Waals surface area contributed by atoms with Gasteiger partial charge in [0, 0.05) is 6.04 Å². The molecule has 21 heavy (non-hydrogen) atoms. The second-order valence-corrected chi connectivity index (χ2v) is 5.64. The molecule has 0 spiro atoms. The lowest BCUT2D eigenvalue weighted by Gasteiger charge is -2.39. The molecule has 0 bridgehead atoms. The lowest BCUT2D eigenvalue weighted by molar-refractivity contribution is -0.0418. The monoisotopic (exact) mass is 287 g/mol. The van der Waals surface area contributed by atoms with E-state index >= 15 is 0 Å². The molecule has 1 amide bonds. The molecule has 2 saturated heterocycles. The van der Waals surface area contributed by atoms with Gasteiger partial charge in [-0.25, -0.2) is 4.79 Å². The van der Waals surface area contributed by atoms with Crippen molar-refractivity contribution in [2.24, 2.45) is 0 Å². The van der Waals surface area contributed by atoms with Crippen molar-refractivity contribution >= 4 is 6.09 Å². The molecular formula is C17H21NO3. The number of hydrogen-bond acceptors (Lipinski definition) is 3. The molecule has 112 valence electrons. The van der Waals surface area contributed by atoms with Gasteiger partial charge in [0.15, 0.2) is 0 Å². The third-order valence-electron chi connectivity index (χ3n) is 4.30. The van der Waals surface area contributed by atoms with Gasteiger partial charge >= 0.3 is 6.09 Å². The van der Waals surface area contributed by atoms with Crippen LogP contribution in [0.25, 0.3) is 0 Å². The summed E-state index contributed by atoms with van der Waals surface area (Å²) in [6, 6.07) is 10.4. The second-order valence-electron chi connectivity index (χ2n) is 5.64. The third kappa shape index (κ3) is 2.95. The summed E-state index contributed by atoms with van der Waals surface area (Å²) in [5.74, 6) is 0. The van der Waals surface area contributed by atoms with Crippen molar-refractivity contribution in [3.05, 3.63) is 48.6 Å². The highest BCUT2D eigenvalue weighted by Gasteiger charge is 2.45. The van der Waals surface area contributed by atoms with E-state index in [1.54, 1.807) is 0 Å². The van der Waals surface area contributed by atoms with Gasteiger partial charge in [0.25, 0.3) is 0 Å². The zero-order valence-electron chi connectivity index (χ0n) is 12.1. The predicted octanol–water partition coefficient (Wildman–Crippen LogP) is 3.13. The molecule has 2 aliphatic heterocycles. The summed E-state index contributed by atoms with van der Waals surface area (Å²) < 4.78 is 11.3. The average molecular weight is 287 g/mol. The van der Waals surface area contributed by atoms with Gasteiger partial charge < -0.3 is 9.47 Å². The SMILES string of the molecule is C=CC[C@@H]1CC[C@H](OCc2ccccc2)[C@H]2COC(=O)N12. The first-order chi connectivity index (χ1) is 10.3. The van der Waals surface area contributed by atoms with Crippen molar-refractivity contribution in [3.8, 4) is 0 Å². The number of nitrogens with zero attached hydrogens (tertiary/aromatic N) is 1. The van der Waals surface area contributed by atoms with Crippen LogP contribution < -0.4 is 0 Å². The van der Waals surface area contributed by atoms with Gasteiger partial charge in [0.2, 0.25) is 0 Å². The molecule has 2 heterocycles. The van der Waals surface area contributed by atoms with Gasteiger partial charge in [-0.3, -0.25) is 4.90 Å². The van der Waals surface area contributed by atoms with Gasteiger partial charge in [-0.1, -0.05) is 36.4 Å². The van der Waals surface area contributed by atoms with E-state index in [1.165, 1.54) is 0 Å². The summed E-state index contributed by atoms with van der Waals surface area (Å²) >= 11 is 0. The maximum atomic E-state index is 11.9. The van der Waals surface area contributed by atoms with Gasteiger partial charge in [-0.2, -0.15) is 0 Å². The standard InChI is InChI=1S/C17H21NO3/c1-2-6-14-9-10-16(15-12-21-17(19)18(14)15)20-11-13-7-4-3-5-8-13/h2-5,7-8,14-16H,1,6,9-12H2/t14-,15-,16+/m1/s1. The lowest BCUT2D eigenvalue weighted by atomic mass is 9.92. The molecule has 3 atom stereocenters. The lowest BCUT2D eigenvalue weighted by Crippen LogP contribution is -2.52. The second kappa shape index (κ2) is 6.31. The largest absolute Gasteiger partial charge is 0.447 e. The van der Waals surface area contributed by atoms with Crippen LogP contribution in [0.1, 0.15) is 24.8 Å². The van der Waals surface area contributed by atoms with E-state index < -0.39 is 0 Å². The molecule has 0 aliphatic carbocycles. The quantitative estimate of drug-likeness (QED) is 0.781. The molecule has 0 radical (unpaired) electrons. The topological polar surface area (TPSA) is 38.8 Å². The minimum atomic E-state index is -0.208. The van der Waals surface area contributed by atoms with E-state index in [9.17, 15) is 4.79 Å². The summed E-state index contributed by atoms with van der Waals surface area (Å²) in [5.41, 5.74) is 1.16.